The van der Waals surface area contributed by atoms with Gasteiger partial charge >= 0.3 is 6.16 Å². The van der Waals surface area contributed by atoms with Gasteiger partial charge in [0.05, 0.1) is 13.2 Å². The van der Waals surface area contributed by atoms with Crippen LogP contribution in [0.25, 0.3) is 0 Å². The molecule has 4 heteroatoms. The fourth-order valence-corrected chi connectivity index (χ4v) is 2.18. The van der Waals surface area contributed by atoms with Crippen LogP contribution in [0.15, 0.2) is 0 Å². The largest absolute Gasteiger partial charge is 0.508 e. The van der Waals surface area contributed by atoms with Crippen molar-refractivity contribution in [1.82, 2.24) is 0 Å². The molecule has 0 amide bonds. The molecule has 0 heterocycles. The Morgan fingerprint density at radius 1 is 0.789 bits per heavy atom. The van der Waals surface area contributed by atoms with E-state index in [4.69, 9.17) is 9.47 Å². The van der Waals surface area contributed by atoms with E-state index in [-0.39, 0.29) is 0 Å². The van der Waals surface area contributed by atoms with Crippen molar-refractivity contribution in [3.8, 4) is 0 Å². The summed E-state index contributed by atoms with van der Waals surface area (Å²) in [7, 11) is 0. The monoisotopic (exact) mass is 336 g/mol. The van der Waals surface area contributed by atoms with Gasteiger partial charge in [-0.1, -0.05) is 61.4 Å². The SMILES string of the molecule is CCCCCCCCCOC(=O)OCCCCCBr. The molecular weight excluding hydrogens is 308 g/mol. The van der Waals surface area contributed by atoms with E-state index in [0.29, 0.717) is 13.2 Å². The summed E-state index contributed by atoms with van der Waals surface area (Å²) >= 11 is 3.37. The van der Waals surface area contributed by atoms with Crippen LogP contribution >= 0.6 is 15.9 Å². The zero-order valence-electron chi connectivity index (χ0n) is 12.3. The maximum Gasteiger partial charge on any atom is 0.508 e. The van der Waals surface area contributed by atoms with Gasteiger partial charge in [-0.3, -0.25) is 0 Å². The molecule has 19 heavy (non-hydrogen) atoms. The van der Waals surface area contributed by atoms with Crippen LogP contribution in [0.4, 0.5) is 4.79 Å². The number of rotatable bonds is 13. The fraction of sp³-hybridized carbons (Fsp3) is 0.933. The minimum atomic E-state index is -0.509. The van der Waals surface area contributed by atoms with Gasteiger partial charge in [0.2, 0.25) is 0 Å². The van der Waals surface area contributed by atoms with Crippen molar-refractivity contribution in [3.63, 3.8) is 0 Å². The smallest absolute Gasteiger partial charge is 0.434 e. The van der Waals surface area contributed by atoms with E-state index in [9.17, 15) is 4.79 Å². The van der Waals surface area contributed by atoms with Gasteiger partial charge in [0.15, 0.2) is 0 Å². The number of hydrogen-bond donors (Lipinski definition) is 0. The molecule has 0 N–H and O–H groups in total. The Labute approximate surface area is 126 Å². The molecule has 0 unspecified atom stereocenters. The van der Waals surface area contributed by atoms with Gasteiger partial charge in [-0.2, -0.15) is 0 Å². The summed E-state index contributed by atoms with van der Waals surface area (Å²) in [5.74, 6) is 0. The van der Waals surface area contributed by atoms with Crippen molar-refractivity contribution in [2.75, 3.05) is 18.5 Å². The van der Waals surface area contributed by atoms with Crippen LogP contribution in [0, 0.1) is 0 Å². The third-order valence-electron chi connectivity index (χ3n) is 2.97. The third-order valence-corrected chi connectivity index (χ3v) is 3.53. The number of alkyl halides is 1. The van der Waals surface area contributed by atoms with Crippen LogP contribution in [0.3, 0.4) is 0 Å². The molecule has 0 aromatic rings. The Kier molecular flexibility index (Phi) is 15.6. The van der Waals surface area contributed by atoms with E-state index in [1.165, 1.54) is 32.1 Å². The molecule has 0 aliphatic rings. The van der Waals surface area contributed by atoms with Crippen molar-refractivity contribution in [2.45, 2.75) is 71.1 Å². The number of ether oxygens (including phenoxy) is 2. The van der Waals surface area contributed by atoms with E-state index in [1.807, 2.05) is 0 Å². The zero-order chi connectivity index (χ0) is 14.2. The van der Waals surface area contributed by atoms with Crippen LogP contribution in [0.5, 0.6) is 0 Å². The van der Waals surface area contributed by atoms with E-state index < -0.39 is 6.16 Å². The van der Waals surface area contributed by atoms with Gasteiger partial charge in [0, 0.05) is 5.33 Å². The predicted octanol–water partition coefficient (Wildman–Crippen LogP) is 5.46. The van der Waals surface area contributed by atoms with Crippen LogP contribution in [0.2, 0.25) is 0 Å². The Bertz CT molecular complexity index is 198. The molecule has 0 aromatic heterocycles. The second-order valence-electron chi connectivity index (χ2n) is 4.82. The predicted molar refractivity (Wildman–Crippen MR) is 82.9 cm³/mol. The van der Waals surface area contributed by atoms with Crippen LogP contribution in [-0.2, 0) is 9.47 Å². The highest BCUT2D eigenvalue weighted by Crippen LogP contribution is 2.07. The van der Waals surface area contributed by atoms with Gasteiger partial charge in [-0.25, -0.2) is 4.79 Å². The van der Waals surface area contributed by atoms with E-state index >= 15 is 0 Å². The van der Waals surface area contributed by atoms with Crippen molar-refractivity contribution < 1.29 is 14.3 Å². The van der Waals surface area contributed by atoms with Crippen molar-refractivity contribution in [1.29, 1.82) is 0 Å². The Morgan fingerprint density at radius 3 is 1.79 bits per heavy atom. The molecule has 0 spiro atoms. The average molecular weight is 337 g/mol. The van der Waals surface area contributed by atoms with E-state index in [1.54, 1.807) is 0 Å². The Morgan fingerprint density at radius 2 is 1.26 bits per heavy atom. The molecular formula is C15H29BrO3. The summed E-state index contributed by atoms with van der Waals surface area (Å²) < 4.78 is 9.98. The van der Waals surface area contributed by atoms with Crippen molar-refractivity contribution >= 4 is 22.1 Å². The summed E-state index contributed by atoms with van der Waals surface area (Å²) in [6.45, 7) is 3.19. The first-order valence-corrected chi connectivity index (χ1v) is 8.79. The third kappa shape index (κ3) is 15.7. The molecule has 0 aromatic carbocycles. The second-order valence-corrected chi connectivity index (χ2v) is 5.61. The summed E-state index contributed by atoms with van der Waals surface area (Å²) in [4.78, 5) is 11.2. The highest BCUT2D eigenvalue weighted by atomic mass is 79.9. The molecule has 114 valence electrons. The van der Waals surface area contributed by atoms with Crippen molar-refractivity contribution in [3.05, 3.63) is 0 Å². The molecule has 0 aliphatic carbocycles. The molecule has 0 aliphatic heterocycles. The molecule has 0 saturated carbocycles. The fourth-order valence-electron chi connectivity index (χ4n) is 1.79. The number of hydrogen-bond acceptors (Lipinski definition) is 3. The molecule has 0 fully saturated rings. The van der Waals surface area contributed by atoms with Crippen LogP contribution in [0.1, 0.15) is 71.1 Å². The number of unbranched alkanes of at least 4 members (excludes halogenated alkanes) is 8. The first kappa shape index (κ1) is 18.8. The first-order chi connectivity index (χ1) is 9.31. The summed E-state index contributed by atoms with van der Waals surface area (Å²) in [5, 5.41) is 1.01. The lowest BCUT2D eigenvalue weighted by Gasteiger charge is -2.06. The maximum absolute atomic E-state index is 11.2. The first-order valence-electron chi connectivity index (χ1n) is 7.66. The summed E-state index contributed by atoms with van der Waals surface area (Å²) in [6.07, 6.45) is 11.2. The average Bonchev–Trinajstić information content (AvgIpc) is 2.41. The number of carbonyl (C=O) groups excluding carboxylic acids is 1. The molecule has 3 nitrogen and oxygen atoms in total. The molecule has 0 saturated heterocycles. The van der Waals surface area contributed by atoms with Gasteiger partial charge in [-0.15, -0.1) is 0 Å². The maximum atomic E-state index is 11.2. The van der Waals surface area contributed by atoms with E-state index in [0.717, 1.165) is 37.4 Å². The summed E-state index contributed by atoms with van der Waals surface area (Å²) in [5.41, 5.74) is 0. The minimum absolute atomic E-state index is 0.475. The lowest BCUT2D eigenvalue weighted by atomic mass is 10.1. The Balaban J connectivity index is 3.12. The van der Waals surface area contributed by atoms with Gasteiger partial charge in [0.1, 0.15) is 0 Å². The molecule has 0 atom stereocenters. The van der Waals surface area contributed by atoms with Gasteiger partial charge in [0.25, 0.3) is 0 Å². The van der Waals surface area contributed by atoms with Crippen LogP contribution < -0.4 is 0 Å². The van der Waals surface area contributed by atoms with E-state index in [2.05, 4.69) is 22.9 Å². The highest BCUT2D eigenvalue weighted by Gasteiger charge is 2.02. The quantitative estimate of drug-likeness (QED) is 0.254. The topological polar surface area (TPSA) is 35.5 Å². The number of carbonyl (C=O) groups is 1. The molecule has 0 bridgehead atoms. The van der Waals surface area contributed by atoms with Gasteiger partial charge < -0.3 is 9.47 Å². The lowest BCUT2D eigenvalue weighted by Crippen LogP contribution is -2.09. The number of halogens is 1. The Hall–Kier alpha value is -0.250. The van der Waals surface area contributed by atoms with Gasteiger partial charge in [-0.05, 0) is 25.7 Å². The van der Waals surface area contributed by atoms with Crippen LogP contribution in [-0.4, -0.2) is 24.7 Å². The standard InChI is InChI=1S/C15H29BrO3/c1-2-3-4-5-6-7-10-13-18-15(17)19-14-11-8-9-12-16/h2-14H2,1H3. The minimum Gasteiger partial charge on any atom is -0.434 e. The summed E-state index contributed by atoms with van der Waals surface area (Å²) in [6, 6.07) is 0. The van der Waals surface area contributed by atoms with Crippen molar-refractivity contribution in [2.24, 2.45) is 0 Å². The normalized spacial score (nSPS) is 10.4. The second kappa shape index (κ2) is 15.8. The highest BCUT2D eigenvalue weighted by molar-refractivity contribution is 9.09. The molecule has 0 radical (unpaired) electrons. The lowest BCUT2D eigenvalue weighted by molar-refractivity contribution is 0.0530. The zero-order valence-corrected chi connectivity index (χ0v) is 13.9. The molecule has 0 rings (SSSR count).